The van der Waals surface area contributed by atoms with Crippen LogP contribution in [-0.2, 0) is 11.2 Å². The molecule has 0 N–H and O–H groups in total. The molecule has 5 aliphatic rings. The average Bonchev–Trinajstić information content (AvgIpc) is 3.34. The Hall–Kier alpha value is -2.01. The Labute approximate surface area is 205 Å². The topological polar surface area (TPSA) is 42.0 Å². The molecule has 1 aromatic rings. The van der Waals surface area contributed by atoms with Crippen LogP contribution in [0.15, 0.2) is 17.8 Å². The van der Waals surface area contributed by atoms with E-state index in [1.165, 1.54) is 67.3 Å². The van der Waals surface area contributed by atoms with Crippen LogP contribution in [0.2, 0.25) is 0 Å². The second-order valence-electron chi connectivity index (χ2n) is 11.2. The van der Waals surface area contributed by atoms with Gasteiger partial charge in [0.25, 0.3) is 0 Å². The van der Waals surface area contributed by atoms with E-state index in [1.54, 1.807) is 0 Å². The largest absolute Gasteiger partial charge is 0.481 e. The minimum absolute atomic E-state index is 0.137. The van der Waals surface area contributed by atoms with Crippen molar-refractivity contribution in [2.45, 2.75) is 90.6 Å². The Kier molecular flexibility index (Phi) is 6.92. The summed E-state index contributed by atoms with van der Waals surface area (Å²) in [6, 6.07) is 4.13. The summed E-state index contributed by atoms with van der Waals surface area (Å²) in [7, 11) is 0. The van der Waals surface area contributed by atoms with Crippen molar-refractivity contribution in [3.63, 3.8) is 0 Å². The van der Waals surface area contributed by atoms with Gasteiger partial charge in [0.15, 0.2) is 0 Å². The van der Waals surface area contributed by atoms with Crippen molar-refractivity contribution in [3.05, 3.63) is 29.0 Å². The van der Waals surface area contributed by atoms with Crippen LogP contribution in [-0.4, -0.2) is 54.1 Å². The second-order valence-corrected chi connectivity index (χ2v) is 11.2. The number of benzene rings is 1. The summed E-state index contributed by atoms with van der Waals surface area (Å²) >= 11 is 0. The van der Waals surface area contributed by atoms with E-state index in [0.717, 1.165) is 51.3 Å². The highest BCUT2D eigenvalue weighted by Gasteiger charge is 2.46. The van der Waals surface area contributed by atoms with Gasteiger partial charge in [-0.05, 0) is 88.6 Å². The number of aryl methyl sites for hydroxylation is 1. The Bertz CT molecular complexity index is 937. The second kappa shape index (κ2) is 9.93. The van der Waals surface area contributed by atoms with Crippen molar-refractivity contribution >= 4 is 11.5 Å². The number of nitrogens with zero attached hydrogens (tertiary/aromatic N) is 2. The summed E-state index contributed by atoms with van der Waals surface area (Å²) < 4.78 is 12.6. The molecule has 0 radical (unpaired) electrons. The normalized spacial score (nSPS) is 21.4. The lowest BCUT2D eigenvalue weighted by molar-refractivity contribution is -0.134. The number of hydrogen-bond donors (Lipinski definition) is 0. The molecule has 6 rings (SSSR count). The fourth-order valence-corrected chi connectivity index (χ4v) is 6.57. The monoisotopic (exact) mass is 466 g/mol. The number of hydrogen-bond acceptors (Lipinski definition) is 5. The number of fused-ring (bicyclic) bond motifs is 3. The Morgan fingerprint density at radius 3 is 2.59 bits per heavy atom. The van der Waals surface area contributed by atoms with Crippen molar-refractivity contribution in [1.82, 2.24) is 9.80 Å². The molecule has 0 unspecified atom stereocenters. The lowest BCUT2D eigenvalue weighted by Gasteiger charge is -2.52. The van der Waals surface area contributed by atoms with E-state index in [4.69, 9.17) is 9.47 Å². The molecule has 1 aromatic carbocycles. The minimum atomic E-state index is -0.362. The molecule has 2 saturated heterocycles. The van der Waals surface area contributed by atoms with Crippen molar-refractivity contribution in [3.8, 4) is 11.5 Å². The van der Waals surface area contributed by atoms with E-state index < -0.39 is 0 Å². The Balaban J connectivity index is 1.44. The summed E-state index contributed by atoms with van der Waals surface area (Å²) in [5.74, 6) is 2.04. The molecule has 0 atom stereocenters. The molecular formula is C29H42N2O3. The van der Waals surface area contributed by atoms with Crippen LogP contribution >= 0.6 is 0 Å². The molecule has 2 fully saturated rings. The van der Waals surface area contributed by atoms with Gasteiger partial charge in [-0.3, -0.25) is 4.79 Å². The number of rotatable bonds is 9. The van der Waals surface area contributed by atoms with Gasteiger partial charge in [-0.25, -0.2) is 0 Å². The lowest BCUT2D eigenvalue weighted by Crippen LogP contribution is -2.51. The van der Waals surface area contributed by atoms with Crippen LogP contribution in [0.25, 0.3) is 5.57 Å². The molecule has 0 aromatic heterocycles. The van der Waals surface area contributed by atoms with Gasteiger partial charge in [0.05, 0.1) is 12.1 Å². The summed E-state index contributed by atoms with van der Waals surface area (Å²) in [5, 5.41) is 0. The zero-order chi connectivity index (χ0) is 23.7. The third kappa shape index (κ3) is 4.73. The molecule has 0 aliphatic carbocycles. The third-order valence-electron chi connectivity index (χ3n) is 8.20. The molecule has 186 valence electrons. The van der Waals surface area contributed by atoms with E-state index in [2.05, 4.69) is 36.6 Å². The summed E-state index contributed by atoms with van der Waals surface area (Å²) in [4.78, 5) is 17.6. The quantitative estimate of drug-likeness (QED) is 0.261. The number of esters is 1. The van der Waals surface area contributed by atoms with Crippen LogP contribution in [0.3, 0.4) is 0 Å². The van der Waals surface area contributed by atoms with Crippen LogP contribution in [0.1, 0.15) is 89.7 Å². The zero-order valence-corrected chi connectivity index (χ0v) is 21.5. The highest BCUT2D eigenvalue weighted by atomic mass is 16.5. The van der Waals surface area contributed by atoms with Gasteiger partial charge >= 0.3 is 5.97 Å². The van der Waals surface area contributed by atoms with E-state index in [-0.39, 0.29) is 11.6 Å². The predicted octanol–water partition coefficient (Wildman–Crippen LogP) is 5.81. The minimum Gasteiger partial charge on any atom is -0.481 e. The van der Waals surface area contributed by atoms with Gasteiger partial charge in [-0.2, -0.15) is 0 Å². The standard InChI is InChI=1S/C29H42N2O3/c1-4-5-6-7-10-22-19-23(33-25(32)13-16-30-14-8-9-15-30)20-24-26(22)27-21-11-17-31(18-12-21)28(27)29(2,3)34-24/h19-21H,4-18H2,1-3H3. The maximum atomic E-state index is 12.7. The highest BCUT2D eigenvalue weighted by molar-refractivity contribution is 5.82. The van der Waals surface area contributed by atoms with Crippen molar-refractivity contribution in [2.24, 2.45) is 5.92 Å². The highest BCUT2D eigenvalue weighted by Crippen LogP contribution is 2.53. The number of carbonyl (C=O) groups is 1. The fraction of sp³-hybridized carbons (Fsp3) is 0.690. The van der Waals surface area contributed by atoms with Crippen LogP contribution in [0.5, 0.6) is 11.5 Å². The maximum absolute atomic E-state index is 12.7. The van der Waals surface area contributed by atoms with Gasteiger partial charge in [0.2, 0.25) is 0 Å². The van der Waals surface area contributed by atoms with Gasteiger partial charge in [0, 0.05) is 31.3 Å². The van der Waals surface area contributed by atoms with E-state index in [1.807, 2.05) is 6.07 Å². The smallest absolute Gasteiger partial charge is 0.312 e. The van der Waals surface area contributed by atoms with Gasteiger partial charge in [0.1, 0.15) is 17.1 Å². The summed E-state index contributed by atoms with van der Waals surface area (Å²) in [6.07, 6.45) is 11.3. The van der Waals surface area contributed by atoms with Gasteiger partial charge in [-0.15, -0.1) is 0 Å². The van der Waals surface area contributed by atoms with Crippen molar-refractivity contribution in [2.75, 3.05) is 32.7 Å². The third-order valence-corrected chi connectivity index (χ3v) is 8.20. The molecule has 5 heteroatoms. The van der Waals surface area contributed by atoms with Crippen LogP contribution in [0, 0.1) is 5.92 Å². The first-order chi connectivity index (χ1) is 16.5. The predicted molar refractivity (Wildman–Crippen MR) is 136 cm³/mol. The summed E-state index contributed by atoms with van der Waals surface area (Å²) in [5.41, 5.74) is 5.15. The number of unbranched alkanes of at least 4 members (excludes halogenated alkanes) is 3. The van der Waals surface area contributed by atoms with E-state index in [0.29, 0.717) is 18.1 Å². The average molecular weight is 467 g/mol. The first-order valence-corrected chi connectivity index (χ1v) is 13.7. The molecule has 0 saturated carbocycles. The lowest BCUT2D eigenvalue weighted by atomic mass is 9.73. The first kappa shape index (κ1) is 23.7. The van der Waals surface area contributed by atoms with Gasteiger partial charge < -0.3 is 19.3 Å². The van der Waals surface area contributed by atoms with Crippen LogP contribution < -0.4 is 9.47 Å². The number of allylic oxidation sites excluding steroid dienone is 1. The first-order valence-electron chi connectivity index (χ1n) is 13.7. The Morgan fingerprint density at radius 2 is 1.85 bits per heavy atom. The van der Waals surface area contributed by atoms with E-state index >= 15 is 0 Å². The zero-order valence-electron chi connectivity index (χ0n) is 21.5. The molecule has 5 nitrogen and oxygen atoms in total. The molecule has 2 bridgehead atoms. The number of piperidine rings is 1. The SMILES string of the molecule is CCCCCCc1cc(OC(=O)CCN2CCCC2)cc2c1C1=C(N3CCC1CC3)C(C)(C)O2. The number of likely N-dealkylation sites (tertiary alicyclic amines) is 1. The number of ether oxygens (including phenoxy) is 2. The van der Waals surface area contributed by atoms with Crippen molar-refractivity contribution < 1.29 is 14.3 Å². The molecule has 0 amide bonds. The summed E-state index contributed by atoms with van der Waals surface area (Å²) in [6.45, 7) is 11.9. The van der Waals surface area contributed by atoms with Crippen LogP contribution in [0.4, 0.5) is 0 Å². The van der Waals surface area contributed by atoms with E-state index in [9.17, 15) is 4.79 Å². The molecule has 0 spiro atoms. The fourth-order valence-electron chi connectivity index (χ4n) is 6.57. The van der Waals surface area contributed by atoms with Crippen molar-refractivity contribution in [1.29, 1.82) is 0 Å². The molecular weight excluding hydrogens is 424 g/mol. The molecule has 34 heavy (non-hydrogen) atoms. The maximum Gasteiger partial charge on any atom is 0.312 e. The van der Waals surface area contributed by atoms with Gasteiger partial charge in [-0.1, -0.05) is 26.2 Å². The number of carbonyl (C=O) groups excluding carboxylic acids is 1. The molecule has 5 aliphatic heterocycles. The molecule has 5 heterocycles. The Morgan fingerprint density at radius 1 is 1.09 bits per heavy atom.